The fraction of sp³-hybridized carbons (Fsp3) is 0.111. The summed E-state index contributed by atoms with van der Waals surface area (Å²) in [5, 5.41) is 8.36. The molecule has 1 rings (SSSR count). The highest BCUT2D eigenvalue weighted by molar-refractivity contribution is 8.00. The standard InChI is InChI=1S/C9H8FNOS/c1-13(12,7-6-11)9-5-3-2-4-8(9)10/h2-5H,1,7H2. The molecule has 1 atom stereocenters. The fourth-order valence-electron chi connectivity index (χ4n) is 0.928. The van der Waals surface area contributed by atoms with E-state index in [2.05, 4.69) is 5.87 Å². The van der Waals surface area contributed by atoms with Gasteiger partial charge < -0.3 is 0 Å². The second-order valence-corrected chi connectivity index (χ2v) is 4.90. The first-order chi connectivity index (χ1) is 6.08. The van der Waals surface area contributed by atoms with Crippen molar-refractivity contribution in [2.75, 3.05) is 5.75 Å². The molecule has 0 spiro atoms. The maximum atomic E-state index is 13.1. The smallest absolute Gasteiger partial charge is 0.138 e. The molecule has 0 heterocycles. The minimum absolute atomic E-state index is 0.0246. The fourth-order valence-corrected chi connectivity index (χ4v) is 2.04. The van der Waals surface area contributed by atoms with Crippen LogP contribution in [0.1, 0.15) is 0 Å². The van der Waals surface area contributed by atoms with E-state index in [-0.39, 0.29) is 10.6 Å². The third-order valence-corrected chi connectivity index (χ3v) is 3.26. The van der Waals surface area contributed by atoms with Crippen LogP contribution in [-0.2, 0) is 9.52 Å². The summed E-state index contributed by atoms with van der Waals surface area (Å²) in [4.78, 5) is 0.0246. The van der Waals surface area contributed by atoms with Crippen LogP contribution in [0.4, 0.5) is 4.39 Å². The summed E-state index contributed by atoms with van der Waals surface area (Å²) in [5.41, 5.74) is 0. The highest BCUT2D eigenvalue weighted by Crippen LogP contribution is 2.14. The van der Waals surface area contributed by atoms with Gasteiger partial charge in [0.1, 0.15) is 11.6 Å². The van der Waals surface area contributed by atoms with Gasteiger partial charge in [-0.2, -0.15) is 5.26 Å². The summed E-state index contributed by atoms with van der Waals surface area (Å²) < 4.78 is 24.7. The summed E-state index contributed by atoms with van der Waals surface area (Å²) in [5.74, 6) is 2.53. The molecule has 4 heteroatoms. The second-order valence-electron chi connectivity index (χ2n) is 2.54. The quantitative estimate of drug-likeness (QED) is 0.673. The number of benzene rings is 1. The summed E-state index contributed by atoms with van der Waals surface area (Å²) in [6.45, 7) is 0. The van der Waals surface area contributed by atoms with Crippen LogP contribution in [0.2, 0.25) is 0 Å². The molecular formula is C9H8FNOS. The number of hydrogen-bond donors (Lipinski definition) is 0. The normalized spacial score (nSPS) is 14.5. The topological polar surface area (TPSA) is 40.9 Å². The molecule has 0 aliphatic carbocycles. The Labute approximate surface area is 76.6 Å². The van der Waals surface area contributed by atoms with Crippen LogP contribution >= 0.6 is 0 Å². The van der Waals surface area contributed by atoms with Crippen LogP contribution in [0.15, 0.2) is 29.2 Å². The van der Waals surface area contributed by atoms with Crippen molar-refractivity contribution in [3.63, 3.8) is 0 Å². The van der Waals surface area contributed by atoms with Crippen molar-refractivity contribution in [3.05, 3.63) is 30.1 Å². The Bertz CT molecular complexity index is 445. The Morgan fingerprint density at radius 3 is 2.69 bits per heavy atom. The molecule has 2 nitrogen and oxygen atoms in total. The number of nitriles is 1. The first-order valence-electron chi connectivity index (χ1n) is 3.54. The predicted octanol–water partition coefficient (Wildman–Crippen LogP) is 1.42. The Kier molecular flexibility index (Phi) is 2.69. The first kappa shape index (κ1) is 9.75. The third-order valence-electron chi connectivity index (χ3n) is 1.54. The molecule has 68 valence electrons. The van der Waals surface area contributed by atoms with Gasteiger partial charge in [0.2, 0.25) is 0 Å². The number of rotatable bonds is 2. The highest BCUT2D eigenvalue weighted by atomic mass is 32.2. The zero-order valence-corrected chi connectivity index (χ0v) is 7.68. The van der Waals surface area contributed by atoms with Gasteiger partial charge in [0.05, 0.1) is 11.0 Å². The molecule has 1 aromatic carbocycles. The molecule has 0 aliphatic heterocycles. The van der Waals surface area contributed by atoms with Crippen molar-refractivity contribution >= 4 is 15.4 Å². The third kappa shape index (κ3) is 2.07. The maximum Gasteiger partial charge on any atom is 0.138 e. The molecule has 13 heavy (non-hydrogen) atoms. The van der Waals surface area contributed by atoms with Gasteiger partial charge >= 0.3 is 0 Å². The number of nitrogens with zero attached hydrogens (tertiary/aromatic N) is 1. The van der Waals surface area contributed by atoms with Gasteiger partial charge in [-0.05, 0) is 18.0 Å². The van der Waals surface area contributed by atoms with E-state index < -0.39 is 15.3 Å². The minimum atomic E-state index is -2.78. The van der Waals surface area contributed by atoms with Gasteiger partial charge in [0.15, 0.2) is 0 Å². The molecular weight excluding hydrogens is 189 g/mol. The Morgan fingerprint density at radius 2 is 2.15 bits per heavy atom. The van der Waals surface area contributed by atoms with Crippen molar-refractivity contribution in [1.82, 2.24) is 0 Å². The van der Waals surface area contributed by atoms with Crippen LogP contribution in [-0.4, -0.2) is 15.8 Å². The summed E-state index contributed by atoms with van der Waals surface area (Å²) in [7, 11) is -2.78. The lowest BCUT2D eigenvalue weighted by Crippen LogP contribution is -2.06. The molecule has 0 bridgehead atoms. The second kappa shape index (κ2) is 3.58. The van der Waals surface area contributed by atoms with E-state index in [0.29, 0.717) is 0 Å². The van der Waals surface area contributed by atoms with Gasteiger partial charge in [0.25, 0.3) is 0 Å². The zero-order chi connectivity index (χ0) is 9.90. The molecule has 0 fully saturated rings. The van der Waals surface area contributed by atoms with Gasteiger partial charge in [-0.1, -0.05) is 12.1 Å². The molecule has 0 amide bonds. The average molecular weight is 197 g/mol. The van der Waals surface area contributed by atoms with Crippen LogP contribution in [0.5, 0.6) is 0 Å². The lowest BCUT2D eigenvalue weighted by Gasteiger charge is -2.04. The van der Waals surface area contributed by atoms with E-state index in [1.54, 1.807) is 12.1 Å². The van der Waals surface area contributed by atoms with Crippen LogP contribution in [0.3, 0.4) is 0 Å². The molecule has 1 unspecified atom stereocenters. The lowest BCUT2D eigenvalue weighted by molar-refractivity contribution is 0.595. The van der Waals surface area contributed by atoms with Gasteiger partial charge in [-0.3, -0.25) is 4.21 Å². The van der Waals surface area contributed by atoms with Crippen molar-refractivity contribution in [2.45, 2.75) is 4.90 Å². The largest absolute Gasteiger partial charge is 0.262 e. The Morgan fingerprint density at radius 1 is 1.54 bits per heavy atom. The van der Waals surface area contributed by atoms with Gasteiger partial charge in [-0.25, -0.2) is 4.39 Å². The first-order valence-corrected chi connectivity index (χ1v) is 5.44. The molecule has 0 aliphatic rings. The summed E-state index contributed by atoms with van der Waals surface area (Å²) in [6, 6.07) is 7.40. The van der Waals surface area contributed by atoms with Crippen molar-refractivity contribution in [2.24, 2.45) is 0 Å². The molecule has 0 radical (unpaired) electrons. The Hall–Kier alpha value is -1.34. The zero-order valence-electron chi connectivity index (χ0n) is 6.87. The summed E-state index contributed by atoms with van der Waals surface area (Å²) >= 11 is 0. The predicted molar refractivity (Wildman–Crippen MR) is 50.4 cm³/mol. The van der Waals surface area contributed by atoms with E-state index in [4.69, 9.17) is 5.26 Å². The monoisotopic (exact) mass is 197 g/mol. The maximum absolute atomic E-state index is 13.1. The van der Waals surface area contributed by atoms with Crippen LogP contribution in [0.25, 0.3) is 0 Å². The van der Waals surface area contributed by atoms with E-state index in [9.17, 15) is 8.60 Å². The summed E-state index contributed by atoms with van der Waals surface area (Å²) in [6.07, 6.45) is 0. The average Bonchev–Trinajstić information content (AvgIpc) is 2.04. The van der Waals surface area contributed by atoms with Crippen molar-refractivity contribution in [3.8, 4) is 6.07 Å². The van der Waals surface area contributed by atoms with Crippen molar-refractivity contribution in [1.29, 1.82) is 5.26 Å². The van der Waals surface area contributed by atoms with Crippen LogP contribution in [0, 0.1) is 17.1 Å². The molecule has 0 N–H and O–H groups in total. The van der Waals surface area contributed by atoms with E-state index in [1.807, 2.05) is 0 Å². The van der Waals surface area contributed by atoms with Crippen molar-refractivity contribution < 1.29 is 8.60 Å². The van der Waals surface area contributed by atoms with E-state index >= 15 is 0 Å². The lowest BCUT2D eigenvalue weighted by atomic mass is 10.3. The van der Waals surface area contributed by atoms with E-state index in [1.165, 1.54) is 18.2 Å². The SMILES string of the molecule is C=S(=O)(CC#N)c1ccccc1F. The van der Waals surface area contributed by atoms with E-state index in [0.717, 1.165) is 0 Å². The molecule has 1 aromatic rings. The highest BCUT2D eigenvalue weighted by Gasteiger charge is 2.11. The molecule has 0 saturated carbocycles. The van der Waals surface area contributed by atoms with Gasteiger partial charge in [-0.15, -0.1) is 0 Å². The van der Waals surface area contributed by atoms with Crippen LogP contribution < -0.4 is 0 Å². The Balaban J connectivity index is 3.25. The molecule has 0 aromatic heterocycles. The minimum Gasteiger partial charge on any atom is -0.262 e. The number of halogens is 1. The molecule has 0 saturated heterocycles. The number of hydrogen-bond acceptors (Lipinski definition) is 2. The van der Waals surface area contributed by atoms with Gasteiger partial charge in [0, 0.05) is 9.52 Å².